The molecule has 17 heavy (non-hydrogen) atoms. The monoisotopic (exact) mass is 456 g/mol. The second kappa shape index (κ2) is 5.74. The second-order valence-corrected chi connectivity index (χ2v) is 8.24. The van der Waals surface area contributed by atoms with Crippen molar-refractivity contribution in [2.24, 2.45) is 0 Å². The number of thiophene rings is 1. The first-order valence-electron chi connectivity index (χ1n) is 4.84. The van der Waals surface area contributed by atoms with Crippen molar-refractivity contribution in [3.05, 3.63) is 53.6 Å². The quantitative estimate of drug-likeness (QED) is 0.438. The molecule has 2 rings (SSSR count). The predicted octanol–water partition coefficient (Wildman–Crippen LogP) is 6.72. The molecule has 2 aromatic rings. The van der Waals surface area contributed by atoms with Crippen LogP contribution in [0.3, 0.4) is 0 Å². The topological polar surface area (TPSA) is 0 Å². The number of hydrogen-bond acceptors (Lipinski definition) is 1. The van der Waals surface area contributed by atoms with Crippen LogP contribution in [0.15, 0.2) is 32.5 Å². The van der Waals surface area contributed by atoms with Gasteiger partial charge in [0.15, 0.2) is 0 Å². The first-order valence-corrected chi connectivity index (χ1v) is 8.53. The minimum absolute atomic E-state index is 0.201. The Hall–Kier alpha value is 0.650. The summed E-state index contributed by atoms with van der Waals surface area (Å²) in [4.78, 5) is 1.46. The van der Waals surface area contributed by atoms with Crippen molar-refractivity contribution in [3.8, 4) is 0 Å². The summed E-state index contributed by atoms with van der Waals surface area (Å²) in [5, 5.41) is 0.777. The molecule has 0 aliphatic rings. The van der Waals surface area contributed by atoms with Crippen molar-refractivity contribution in [2.75, 3.05) is 0 Å². The Morgan fingerprint density at radius 2 is 1.94 bits per heavy atom. The van der Waals surface area contributed by atoms with Gasteiger partial charge in [-0.15, -0.1) is 11.3 Å². The van der Waals surface area contributed by atoms with Gasteiger partial charge in [0.1, 0.15) is 0 Å². The van der Waals surface area contributed by atoms with Gasteiger partial charge >= 0.3 is 0 Å². The van der Waals surface area contributed by atoms with Crippen LogP contribution in [-0.2, 0) is 0 Å². The van der Waals surface area contributed by atoms with E-state index < -0.39 is 0 Å². The van der Waals surface area contributed by atoms with Gasteiger partial charge in [0.2, 0.25) is 0 Å². The first-order chi connectivity index (χ1) is 7.99. The van der Waals surface area contributed by atoms with Crippen LogP contribution in [0.1, 0.15) is 20.8 Å². The predicted molar refractivity (Wildman–Crippen MR) is 86.7 cm³/mol. The van der Waals surface area contributed by atoms with Crippen LogP contribution in [-0.4, -0.2) is 0 Å². The lowest BCUT2D eigenvalue weighted by Gasteiger charge is -2.11. The van der Waals surface area contributed by atoms with Crippen LogP contribution < -0.4 is 0 Å². The summed E-state index contributed by atoms with van der Waals surface area (Å²) in [5.41, 5.74) is 2.44. The third-order valence-electron chi connectivity index (χ3n) is 2.42. The molecule has 0 saturated carbocycles. The molecule has 1 aromatic heterocycles. The van der Waals surface area contributed by atoms with Crippen molar-refractivity contribution in [2.45, 2.75) is 11.8 Å². The van der Waals surface area contributed by atoms with Gasteiger partial charge in [0.25, 0.3) is 0 Å². The van der Waals surface area contributed by atoms with Crippen LogP contribution in [0.25, 0.3) is 0 Å². The molecule has 0 bridgehead atoms. The molecule has 1 aromatic carbocycles. The standard InChI is InChI=1S/C12H8Br3ClS/c1-6-4-7(16)2-3-8(6)11(14)10-5-9(13)12(15)17-10/h2-5,11H,1H3. The van der Waals surface area contributed by atoms with Crippen LogP contribution >= 0.6 is 70.7 Å². The summed E-state index contributed by atoms with van der Waals surface area (Å²) in [6, 6.07) is 8.11. The molecular weight excluding hydrogens is 451 g/mol. The van der Waals surface area contributed by atoms with E-state index in [0.29, 0.717) is 0 Å². The summed E-state index contributed by atoms with van der Waals surface area (Å²) < 4.78 is 2.21. The Bertz CT molecular complexity index is 531. The average Bonchev–Trinajstić information content (AvgIpc) is 2.58. The number of halogens is 4. The van der Waals surface area contributed by atoms with Gasteiger partial charge in [-0.25, -0.2) is 0 Å². The van der Waals surface area contributed by atoms with E-state index in [9.17, 15) is 0 Å². The molecule has 5 heteroatoms. The van der Waals surface area contributed by atoms with Gasteiger partial charge in [0, 0.05) is 14.4 Å². The minimum Gasteiger partial charge on any atom is -0.131 e. The van der Waals surface area contributed by atoms with E-state index in [-0.39, 0.29) is 4.83 Å². The third kappa shape index (κ3) is 3.16. The summed E-state index contributed by atoms with van der Waals surface area (Å²) >= 11 is 18.5. The van der Waals surface area contributed by atoms with Gasteiger partial charge in [0.05, 0.1) is 8.61 Å². The van der Waals surface area contributed by atoms with Crippen molar-refractivity contribution < 1.29 is 0 Å². The summed E-state index contributed by atoms with van der Waals surface area (Å²) in [7, 11) is 0. The van der Waals surface area contributed by atoms with Crippen LogP contribution in [0.2, 0.25) is 5.02 Å². The maximum Gasteiger partial charge on any atom is 0.0843 e. The lowest BCUT2D eigenvalue weighted by Crippen LogP contribution is -1.93. The Kier molecular flexibility index (Phi) is 4.75. The molecule has 1 unspecified atom stereocenters. The number of alkyl halides is 1. The summed E-state index contributed by atoms with van der Waals surface area (Å²) in [6.07, 6.45) is 0. The lowest BCUT2D eigenvalue weighted by molar-refractivity contribution is 1.18. The van der Waals surface area contributed by atoms with Crippen LogP contribution in [0, 0.1) is 6.92 Å². The maximum absolute atomic E-state index is 5.97. The lowest BCUT2D eigenvalue weighted by atomic mass is 10.1. The molecule has 0 fully saturated rings. The van der Waals surface area contributed by atoms with Gasteiger partial charge in [-0.3, -0.25) is 0 Å². The van der Waals surface area contributed by atoms with Crippen molar-refractivity contribution in [1.82, 2.24) is 0 Å². The highest BCUT2D eigenvalue weighted by Gasteiger charge is 2.16. The normalized spacial score (nSPS) is 12.8. The van der Waals surface area contributed by atoms with Crippen LogP contribution in [0.5, 0.6) is 0 Å². The fourth-order valence-corrected chi connectivity index (χ4v) is 4.80. The highest BCUT2D eigenvalue weighted by atomic mass is 79.9. The molecule has 0 aliphatic heterocycles. The van der Waals surface area contributed by atoms with Gasteiger partial charge in [-0.1, -0.05) is 33.6 Å². The Morgan fingerprint density at radius 1 is 1.24 bits per heavy atom. The van der Waals surface area contributed by atoms with E-state index >= 15 is 0 Å². The second-order valence-electron chi connectivity index (χ2n) is 3.63. The highest BCUT2D eigenvalue weighted by Crippen LogP contribution is 2.42. The average molecular weight is 459 g/mol. The largest absolute Gasteiger partial charge is 0.131 e. The zero-order chi connectivity index (χ0) is 12.6. The van der Waals surface area contributed by atoms with E-state index in [4.69, 9.17) is 11.6 Å². The third-order valence-corrected chi connectivity index (χ3v) is 7.26. The Balaban J connectivity index is 2.39. The molecule has 90 valence electrons. The summed E-state index contributed by atoms with van der Waals surface area (Å²) in [6.45, 7) is 2.08. The van der Waals surface area contributed by atoms with E-state index in [1.807, 2.05) is 12.1 Å². The SMILES string of the molecule is Cc1cc(Cl)ccc1C(Br)c1cc(Br)c(Br)s1. The molecule has 0 spiro atoms. The Morgan fingerprint density at radius 3 is 2.47 bits per heavy atom. The Labute approximate surface area is 135 Å². The van der Waals surface area contributed by atoms with E-state index in [0.717, 1.165) is 13.3 Å². The van der Waals surface area contributed by atoms with Crippen molar-refractivity contribution in [3.63, 3.8) is 0 Å². The van der Waals surface area contributed by atoms with Crippen molar-refractivity contribution in [1.29, 1.82) is 0 Å². The molecule has 0 radical (unpaired) electrons. The van der Waals surface area contributed by atoms with E-state index in [2.05, 4.69) is 66.8 Å². The van der Waals surface area contributed by atoms with Crippen molar-refractivity contribution >= 4 is 70.7 Å². The minimum atomic E-state index is 0.201. The van der Waals surface area contributed by atoms with Gasteiger partial charge in [-0.2, -0.15) is 0 Å². The molecule has 0 amide bonds. The van der Waals surface area contributed by atoms with E-state index in [1.54, 1.807) is 11.3 Å². The first kappa shape index (κ1) is 14.1. The zero-order valence-corrected chi connectivity index (χ0v) is 15.1. The van der Waals surface area contributed by atoms with Gasteiger partial charge < -0.3 is 0 Å². The number of hydrogen-bond donors (Lipinski definition) is 0. The number of rotatable bonds is 2. The molecular formula is C12H8Br3ClS. The smallest absolute Gasteiger partial charge is 0.0843 e. The molecule has 0 N–H and O–H groups in total. The fraction of sp³-hybridized carbons (Fsp3) is 0.167. The molecule has 1 heterocycles. The highest BCUT2D eigenvalue weighted by molar-refractivity contribution is 9.13. The molecule has 0 aliphatic carbocycles. The number of aryl methyl sites for hydroxylation is 1. The fourth-order valence-electron chi connectivity index (χ4n) is 1.56. The maximum atomic E-state index is 5.97. The summed E-state index contributed by atoms with van der Waals surface area (Å²) in [5.74, 6) is 0. The van der Waals surface area contributed by atoms with Gasteiger partial charge in [-0.05, 0) is 68.1 Å². The van der Waals surface area contributed by atoms with Crippen LogP contribution in [0.4, 0.5) is 0 Å². The zero-order valence-electron chi connectivity index (χ0n) is 8.81. The molecule has 1 atom stereocenters. The molecule has 0 nitrogen and oxygen atoms in total. The number of benzene rings is 1. The van der Waals surface area contributed by atoms with E-state index in [1.165, 1.54) is 16.0 Å². The molecule has 0 saturated heterocycles.